The molecule has 2 N–H and O–H groups in total. The maximum absolute atomic E-state index is 12.8. The van der Waals surface area contributed by atoms with E-state index in [0.29, 0.717) is 24.4 Å². The van der Waals surface area contributed by atoms with Gasteiger partial charge in [0, 0.05) is 30.4 Å². The lowest BCUT2D eigenvalue weighted by atomic mass is 10.1. The van der Waals surface area contributed by atoms with E-state index >= 15 is 0 Å². The molecule has 0 aliphatic rings. The van der Waals surface area contributed by atoms with Crippen LogP contribution in [0.4, 0.5) is 5.82 Å². The summed E-state index contributed by atoms with van der Waals surface area (Å²) < 4.78 is 6.70. The van der Waals surface area contributed by atoms with E-state index in [1.807, 2.05) is 55.5 Å². The van der Waals surface area contributed by atoms with Crippen LogP contribution >= 0.6 is 0 Å². The average molecular weight is 431 g/mol. The van der Waals surface area contributed by atoms with Crippen molar-refractivity contribution in [2.24, 2.45) is 0 Å². The summed E-state index contributed by atoms with van der Waals surface area (Å²) in [7, 11) is 0. The van der Waals surface area contributed by atoms with Crippen LogP contribution < -0.4 is 16.2 Å². The second kappa shape index (κ2) is 9.47. The van der Waals surface area contributed by atoms with Gasteiger partial charge in [-0.3, -0.25) is 14.2 Å². The van der Waals surface area contributed by atoms with Crippen LogP contribution in [0, 0.1) is 13.8 Å². The largest absolute Gasteiger partial charge is 0.365 e. The lowest BCUT2D eigenvalue weighted by Crippen LogP contribution is -2.34. The number of hydrogen-bond donors (Lipinski definition) is 2. The lowest BCUT2D eigenvalue weighted by molar-refractivity contribution is -0.121. The van der Waals surface area contributed by atoms with E-state index in [0.717, 1.165) is 23.1 Å². The quantitative estimate of drug-likeness (QED) is 0.445. The smallest absolute Gasteiger partial charge is 0.293 e. The number of aromatic nitrogens is 3. The summed E-state index contributed by atoms with van der Waals surface area (Å²) in [6, 6.07) is 15.7. The van der Waals surface area contributed by atoms with Gasteiger partial charge in [-0.15, -0.1) is 0 Å². The molecule has 0 atom stereocenters. The van der Waals surface area contributed by atoms with Crippen molar-refractivity contribution in [3.63, 3.8) is 0 Å². The third kappa shape index (κ3) is 4.85. The minimum Gasteiger partial charge on any atom is -0.365 e. The van der Waals surface area contributed by atoms with Gasteiger partial charge >= 0.3 is 0 Å². The van der Waals surface area contributed by atoms with Gasteiger partial charge in [-0.05, 0) is 43.5 Å². The number of nitrogens with one attached hydrogen (secondary N) is 2. The van der Waals surface area contributed by atoms with E-state index in [-0.39, 0.29) is 23.8 Å². The van der Waals surface area contributed by atoms with Gasteiger partial charge in [0.2, 0.25) is 5.91 Å². The molecule has 0 aliphatic heterocycles. The third-order valence-corrected chi connectivity index (χ3v) is 5.31. The highest BCUT2D eigenvalue weighted by atomic mass is 16.5. The van der Waals surface area contributed by atoms with E-state index in [1.165, 1.54) is 10.1 Å². The molecule has 1 amide bonds. The Kier molecular flexibility index (Phi) is 6.30. The molecule has 8 nitrogen and oxygen atoms in total. The highest BCUT2D eigenvalue weighted by Gasteiger charge is 2.12. The molecule has 0 aliphatic carbocycles. The van der Waals surface area contributed by atoms with Crippen molar-refractivity contribution in [3.8, 4) is 0 Å². The van der Waals surface area contributed by atoms with Crippen LogP contribution in [0.1, 0.15) is 22.5 Å². The van der Waals surface area contributed by atoms with Crippen LogP contribution in [0.3, 0.4) is 0 Å². The van der Waals surface area contributed by atoms with Crippen LogP contribution in [0.15, 0.2) is 64.0 Å². The Morgan fingerprint density at radius 1 is 1.09 bits per heavy atom. The van der Waals surface area contributed by atoms with Gasteiger partial charge in [0.25, 0.3) is 5.56 Å². The summed E-state index contributed by atoms with van der Waals surface area (Å²) >= 11 is 0. The van der Waals surface area contributed by atoms with Gasteiger partial charge in [-0.25, -0.2) is 4.98 Å². The number of rotatable bonds is 8. The lowest BCUT2D eigenvalue weighted by Gasteiger charge is -2.12. The zero-order valence-electron chi connectivity index (χ0n) is 18.1. The number of aryl methyl sites for hydroxylation is 2. The highest BCUT2D eigenvalue weighted by molar-refractivity contribution is 5.80. The molecule has 2 aromatic carbocycles. The van der Waals surface area contributed by atoms with Crippen LogP contribution in [0.25, 0.3) is 11.0 Å². The predicted molar refractivity (Wildman–Crippen MR) is 122 cm³/mol. The summed E-state index contributed by atoms with van der Waals surface area (Å²) in [5, 5.41) is 10.8. The van der Waals surface area contributed by atoms with E-state index < -0.39 is 0 Å². The van der Waals surface area contributed by atoms with Crippen molar-refractivity contribution in [2.45, 2.75) is 33.4 Å². The first kappa shape index (κ1) is 21.3. The Balaban J connectivity index is 1.37. The van der Waals surface area contributed by atoms with Crippen LogP contribution in [-0.4, -0.2) is 27.2 Å². The highest BCUT2D eigenvalue weighted by Crippen LogP contribution is 2.19. The molecule has 0 saturated carbocycles. The average Bonchev–Trinajstić information content (AvgIpc) is 3.17. The molecule has 0 spiro atoms. The first-order valence-electron chi connectivity index (χ1n) is 10.5. The standard InChI is InChI=1S/C24H25N5O3/c1-16-13-27-23(25-11-10-18-6-4-3-5-7-18)24(31)29(16)15-22(30)26-14-19-8-9-20-17(2)28-32-21(20)12-19/h3-9,12-13H,10-11,14-15H2,1-2H3,(H,25,27)(H,26,30). The number of carbonyl (C=O) groups excluding carboxylic acids is 1. The van der Waals surface area contributed by atoms with Gasteiger partial charge in [0.1, 0.15) is 6.54 Å². The van der Waals surface area contributed by atoms with E-state index in [4.69, 9.17) is 4.52 Å². The Labute approximate surface area is 185 Å². The molecule has 4 rings (SSSR count). The second-order valence-electron chi connectivity index (χ2n) is 7.68. The fraction of sp³-hybridized carbons (Fsp3) is 0.250. The maximum atomic E-state index is 12.8. The Bertz CT molecular complexity index is 1290. The number of anilines is 1. The molecule has 2 heterocycles. The minimum atomic E-state index is -0.313. The molecule has 4 aromatic rings. The molecule has 0 fully saturated rings. The van der Waals surface area contributed by atoms with Crippen molar-refractivity contribution in [1.82, 2.24) is 20.0 Å². The molecule has 8 heteroatoms. The molecule has 164 valence electrons. The number of fused-ring (bicyclic) bond motifs is 1. The Morgan fingerprint density at radius 2 is 1.91 bits per heavy atom. The molecule has 2 aromatic heterocycles. The molecule has 0 bridgehead atoms. The third-order valence-electron chi connectivity index (χ3n) is 5.31. The van der Waals surface area contributed by atoms with Crippen molar-refractivity contribution in [3.05, 3.63) is 87.6 Å². The van der Waals surface area contributed by atoms with Gasteiger partial charge in [-0.2, -0.15) is 0 Å². The second-order valence-corrected chi connectivity index (χ2v) is 7.68. The van der Waals surface area contributed by atoms with Gasteiger partial charge in [-0.1, -0.05) is 41.6 Å². The molecular weight excluding hydrogens is 406 g/mol. The normalized spacial score (nSPS) is 10.9. The van der Waals surface area contributed by atoms with Crippen molar-refractivity contribution in [2.75, 3.05) is 11.9 Å². The number of carbonyl (C=O) groups is 1. The van der Waals surface area contributed by atoms with Crippen molar-refractivity contribution in [1.29, 1.82) is 0 Å². The van der Waals surface area contributed by atoms with E-state index in [9.17, 15) is 9.59 Å². The zero-order valence-corrected chi connectivity index (χ0v) is 18.1. The molecule has 0 saturated heterocycles. The molecular formula is C24H25N5O3. The Morgan fingerprint density at radius 3 is 2.72 bits per heavy atom. The molecule has 32 heavy (non-hydrogen) atoms. The summed E-state index contributed by atoms with van der Waals surface area (Å²) in [4.78, 5) is 29.6. The van der Waals surface area contributed by atoms with E-state index in [1.54, 1.807) is 13.1 Å². The minimum absolute atomic E-state index is 0.0792. The fourth-order valence-corrected chi connectivity index (χ4v) is 3.48. The number of hydrogen-bond acceptors (Lipinski definition) is 6. The van der Waals surface area contributed by atoms with Crippen molar-refractivity contribution >= 4 is 22.7 Å². The monoisotopic (exact) mass is 431 g/mol. The SMILES string of the molecule is Cc1noc2cc(CNC(=O)Cn3c(C)cnc(NCCc4ccccc4)c3=O)ccc12. The molecule has 0 unspecified atom stereocenters. The van der Waals surface area contributed by atoms with Crippen LogP contribution in [-0.2, 0) is 24.3 Å². The number of nitrogens with zero attached hydrogens (tertiary/aromatic N) is 3. The molecule has 0 radical (unpaired) electrons. The first-order chi connectivity index (χ1) is 15.5. The van der Waals surface area contributed by atoms with Crippen LogP contribution in [0.5, 0.6) is 0 Å². The van der Waals surface area contributed by atoms with Gasteiger partial charge in [0.15, 0.2) is 11.4 Å². The maximum Gasteiger partial charge on any atom is 0.293 e. The van der Waals surface area contributed by atoms with Crippen LogP contribution in [0.2, 0.25) is 0 Å². The summed E-state index contributed by atoms with van der Waals surface area (Å²) in [6.45, 7) is 4.47. The summed E-state index contributed by atoms with van der Waals surface area (Å²) in [5.41, 5.74) is 3.89. The number of amides is 1. The van der Waals surface area contributed by atoms with Gasteiger partial charge in [0.05, 0.1) is 5.69 Å². The van der Waals surface area contributed by atoms with E-state index in [2.05, 4.69) is 20.8 Å². The topological polar surface area (TPSA) is 102 Å². The predicted octanol–water partition coefficient (Wildman–Crippen LogP) is 2.97. The Hall–Kier alpha value is -3.94. The first-order valence-corrected chi connectivity index (χ1v) is 10.5. The zero-order chi connectivity index (χ0) is 22.5. The summed E-state index contributed by atoms with van der Waals surface area (Å²) in [5.74, 6) is -0.0176. The van der Waals surface area contributed by atoms with Gasteiger partial charge < -0.3 is 15.2 Å². The summed E-state index contributed by atoms with van der Waals surface area (Å²) in [6.07, 6.45) is 2.37. The number of benzene rings is 2. The fourth-order valence-electron chi connectivity index (χ4n) is 3.48. The van der Waals surface area contributed by atoms with Crippen molar-refractivity contribution < 1.29 is 9.32 Å².